The number of aryl methyl sites for hydroxylation is 1. The second kappa shape index (κ2) is 8.23. The lowest BCUT2D eigenvalue weighted by Crippen LogP contribution is -2.23. The Morgan fingerprint density at radius 1 is 1.24 bits per heavy atom. The molecule has 1 aromatic rings. The zero-order chi connectivity index (χ0) is 12.5. The van der Waals surface area contributed by atoms with E-state index in [2.05, 4.69) is 43.4 Å². The number of rotatable bonds is 8. The molecule has 1 N–H and O–H groups in total. The smallest absolute Gasteiger partial charge is 0.0700 e. The molecule has 0 saturated heterocycles. The second-order valence-corrected chi connectivity index (χ2v) is 4.20. The summed E-state index contributed by atoms with van der Waals surface area (Å²) in [5.74, 6) is 0. The van der Waals surface area contributed by atoms with Gasteiger partial charge in [-0.15, -0.1) is 0 Å². The maximum Gasteiger partial charge on any atom is 0.0700 e. The zero-order valence-corrected chi connectivity index (χ0v) is 11.0. The largest absolute Gasteiger partial charge is 0.382 e. The lowest BCUT2D eigenvalue weighted by molar-refractivity contribution is 0.0712. The molecule has 0 aliphatic rings. The van der Waals surface area contributed by atoms with Gasteiger partial charge in [-0.1, -0.05) is 29.8 Å². The Kier molecular flexibility index (Phi) is 6.86. The maximum absolute atomic E-state index is 5.40. The Morgan fingerprint density at radius 2 is 2.06 bits per heavy atom. The van der Waals surface area contributed by atoms with E-state index in [1.165, 1.54) is 11.1 Å². The average molecular weight is 237 g/mol. The fourth-order valence-corrected chi connectivity index (χ4v) is 1.65. The lowest BCUT2D eigenvalue weighted by Gasteiger charge is -2.14. The molecule has 0 heterocycles. The molecule has 0 aliphatic carbocycles. The van der Waals surface area contributed by atoms with Gasteiger partial charge >= 0.3 is 0 Å². The highest BCUT2D eigenvalue weighted by atomic mass is 16.5. The molecule has 96 valence electrons. The van der Waals surface area contributed by atoms with Crippen molar-refractivity contribution >= 4 is 0 Å². The lowest BCUT2D eigenvalue weighted by atomic mass is 10.1. The molecule has 0 unspecified atom stereocenters. The van der Waals surface area contributed by atoms with Gasteiger partial charge in [0.1, 0.15) is 0 Å². The third kappa shape index (κ3) is 5.82. The van der Waals surface area contributed by atoms with Gasteiger partial charge < -0.3 is 14.8 Å². The van der Waals surface area contributed by atoms with Gasteiger partial charge in [-0.05, 0) is 19.4 Å². The van der Waals surface area contributed by atoms with E-state index in [9.17, 15) is 0 Å². The first-order valence-electron chi connectivity index (χ1n) is 6.10. The van der Waals surface area contributed by atoms with Gasteiger partial charge in [0, 0.05) is 19.7 Å². The molecule has 17 heavy (non-hydrogen) atoms. The molecule has 1 atom stereocenters. The number of methoxy groups -OCH3 is 1. The molecule has 1 rings (SSSR count). The van der Waals surface area contributed by atoms with Crippen molar-refractivity contribution in [1.82, 2.24) is 5.32 Å². The molecule has 3 heteroatoms. The van der Waals surface area contributed by atoms with Crippen molar-refractivity contribution < 1.29 is 9.47 Å². The predicted molar refractivity (Wildman–Crippen MR) is 70.3 cm³/mol. The summed E-state index contributed by atoms with van der Waals surface area (Å²) in [5, 5.41) is 3.44. The van der Waals surface area contributed by atoms with E-state index < -0.39 is 0 Å². The van der Waals surface area contributed by atoms with Crippen LogP contribution in [0, 0.1) is 6.92 Å². The van der Waals surface area contributed by atoms with Crippen LogP contribution in [0.1, 0.15) is 24.1 Å². The summed E-state index contributed by atoms with van der Waals surface area (Å²) < 4.78 is 10.3. The predicted octanol–water partition coefficient (Wildman–Crippen LogP) is 2.31. The van der Waals surface area contributed by atoms with Crippen molar-refractivity contribution in [2.75, 3.05) is 33.5 Å². The fraction of sp³-hybridized carbons (Fsp3) is 0.571. The molecule has 3 nitrogen and oxygen atoms in total. The average Bonchev–Trinajstić information content (AvgIpc) is 2.33. The van der Waals surface area contributed by atoms with Crippen molar-refractivity contribution in [3.8, 4) is 0 Å². The number of ether oxygens (including phenoxy) is 2. The summed E-state index contributed by atoms with van der Waals surface area (Å²) in [6, 6.07) is 8.93. The topological polar surface area (TPSA) is 30.5 Å². The Labute approximate surface area is 104 Å². The summed E-state index contributed by atoms with van der Waals surface area (Å²) in [6.45, 7) is 7.19. The molecule has 0 radical (unpaired) electrons. The van der Waals surface area contributed by atoms with E-state index in [0.29, 0.717) is 19.3 Å². The quantitative estimate of drug-likeness (QED) is 0.704. The van der Waals surface area contributed by atoms with Crippen LogP contribution >= 0.6 is 0 Å². The van der Waals surface area contributed by atoms with Crippen LogP contribution in [0.5, 0.6) is 0 Å². The maximum atomic E-state index is 5.40. The molecule has 0 amide bonds. The van der Waals surface area contributed by atoms with Crippen molar-refractivity contribution in [3.63, 3.8) is 0 Å². The number of hydrogen-bond acceptors (Lipinski definition) is 3. The molecule has 0 aromatic heterocycles. The third-order valence-electron chi connectivity index (χ3n) is 2.67. The highest BCUT2D eigenvalue weighted by Crippen LogP contribution is 2.13. The van der Waals surface area contributed by atoms with Crippen LogP contribution < -0.4 is 5.32 Å². The standard InChI is InChI=1S/C14H23NO2/c1-12-5-4-6-14(11-12)13(2)15-7-8-17-10-9-16-3/h4-6,11,13,15H,7-10H2,1-3H3/t13-/m1/s1. The number of hydrogen-bond donors (Lipinski definition) is 1. The first-order valence-corrected chi connectivity index (χ1v) is 6.10. The highest BCUT2D eigenvalue weighted by Gasteiger charge is 2.03. The van der Waals surface area contributed by atoms with Crippen LogP contribution in [-0.2, 0) is 9.47 Å². The molecule has 0 fully saturated rings. The molecule has 0 bridgehead atoms. The van der Waals surface area contributed by atoms with Crippen molar-refractivity contribution in [1.29, 1.82) is 0 Å². The van der Waals surface area contributed by atoms with Crippen LogP contribution in [0.2, 0.25) is 0 Å². The van der Waals surface area contributed by atoms with Gasteiger partial charge in [0.25, 0.3) is 0 Å². The normalized spacial score (nSPS) is 12.6. The molecule has 1 aromatic carbocycles. The van der Waals surface area contributed by atoms with Crippen molar-refractivity contribution in [2.45, 2.75) is 19.9 Å². The Hall–Kier alpha value is -0.900. The van der Waals surface area contributed by atoms with Crippen LogP contribution in [0.3, 0.4) is 0 Å². The molecule has 0 aliphatic heterocycles. The minimum absolute atomic E-state index is 0.362. The van der Waals surface area contributed by atoms with Crippen LogP contribution in [0.15, 0.2) is 24.3 Å². The SMILES string of the molecule is COCCOCCN[C@H](C)c1cccc(C)c1. The third-order valence-corrected chi connectivity index (χ3v) is 2.67. The number of benzene rings is 1. The van der Waals surface area contributed by atoms with E-state index >= 15 is 0 Å². The molecule has 0 spiro atoms. The fourth-order valence-electron chi connectivity index (χ4n) is 1.65. The van der Waals surface area contributed by atoms with Crippen LogP contribution in [0.4, 0.5) is 0 Å². The van der Waals surface area contributed by atoms with Gasteiger partial charge in [0.2, 0.25) is 0 Å². The van der Waals surface area contributed by atoms with Crippen molar-refractivity contribution in [2.24, 2.45) is 0 Å². The van der Waals surface area contributed by atoms with Crippen LogP contribution in [-0.4, -0.2) is 33.5 Å². The van der Waals surface area contributed by atoms with E-state index in [0.717, 1.165) is 13.2 Å². The molecular formula is C14H23NO2. The summed E-state index contributed by atoms with van der Waals surface area (Å²) in [7, 11) is 1.68. The number of nitrogens with one attached hydrogen (secondary N) is 1. The van der Waals surface area contributed by atoms with E-state index in [4.69, 9.17) is 9.47 Å². The highest BCUT2D eigenvalue weighted by molar-refractivity contribution is 5.24. The first kappa shape index (κ1) is 14.2. The van der Waals surface area contributed by atoms with Gasteiger partial charge in [-0.2, -0.15) is 0 Å². The van der Waals surface area contributed by atoms with Gasteiger partial charge in [0.15, 0.2) is 0 Å². The van der Waals surface area contributed by atoms with Gasteiger partial charge in [-0.3, -0.25) is 0 Å². The monoisotopic (exact) mass is 237 g/mol. The van der Waals surface area contributed by atoms with Gasteiger partial charge in [-0.25, -0.2) is 0 Å². The summed E-state index contributed by atoms with van der Waals surface area (Å²) >= 11 is 0. The Balaban J connectivity index is 2.19. The first-order chi connectivity index (χ1) is 8.24. The van der Waals surface area contributed by atoms with Crippen molar-refractivity contribution in [3.05, 3.63) is 35.4 Å². The Bertz CT molecular complexity index is 315. The minimum Gasteiger partial charge on any atom is -0.382 e. The Morgan fingerprint density at radius 3 is 2.76 bits per heavy atom. The summed E-state index contributed by atoms with van der Waals surface area (Å²) in [5.41, 5.74) is 2.62. The van der Waals surface area contributed by atoms with E-state index in [-0.39, 0.29) is 0 Å². The van der Waals surface area contributed by atoms with Gasteiger partial charge in [0.05, 0.1) is 19.8 Å². The van der Waals surface area contributed by atoms with E-state index in [1.54, 1.807) is 7.11 Å². The molecular weight excluding hydrogens is 214 g/mol. The molecule has 0 saturated carbocycles. The van der Waals surface area contributed by atoms with E-state index in [1.807, 2.05) is 0 Å². The van der Waals surface area contributed by atoms with Crippen LogP contribution in [0.25, 0.3) is 0 Å². The summed E-state index contributed by atoms with van der Waals surface area (Å²) in [4.78, 5) is 0. The summed E-state index contributed by atoms with van der Waals surface area (Å²) in [6.07, 6.45) is 0. The second-order valence-electron chi connectivity index (χ2n) is 4.20. The minimum atomic E-state index is 0.362. The zero-order valence-electron chi connectivity index (χ0n) is 11.0.